The molecule has 0 saturated heterocycles. The van der Waals surface area contributed by atoms with Crippen LogP contribution < -0.4 is 17.2 Å². The normalized spacial score (nSPS) is 14.7. The highest BCUT2D eigenvalue weighted by Crippen LogP contribution is 2.35. The lowest BCUT2D eigenvalue weighted by atomic mass is 9.96. The first kappa shape index (κ1) is 26.9. The van der Waals surface area contributed by atoms with Crippen molar-refractivity contribution in [2.75, 3.05) is 18.8 Å². The van der Waals surface area contributed by atoms with Crippen molar-refractivity contribution in [3.8, 4) is 0 Å². The molecule has 9 N–H and O–H groups in total. The molecule has 2 amide bonds. The first-order chi connectivity index (χ1) is 16.0. The van der Waals surface area contributed by atoms with Gasteiger partial charge < -0.3 is 32.4 Å². The van der Waals surface area contributed by atoms with Crippen molar-refractivity contribution < 1.29 is 39.0 Å². The summed E-state index contributed by atoms with van der Waals surface area (Å²) in [6.07, 6.45) is 2.29. The van der Waals surface area contributed by atoms with Gasteiger partial charge in [-0.25, -0.2) is 0 Å². The summed E-state index contributed by atoms with van der Waals surface area (Å²) in [5.74, 6) is -6.30. The first-order valence-corrected chi connectivity index (χ1v) is 11.1. The van der Waals surface area contributed by atoms with E-state index in [4.69, 9.17) is 27.4 Å². The van der Waals surface area contributed by atoms with Crippen LogP contribution in [0.15, 0.2) is 12.3 Å². The zero-order chi connectivity index (χ0) is 25.6. The summed E-state index contributed by atoms with van der Waals surface area (Å²) in [7, 11) is 0. The summed E-state index contributed by atoms with van der Waals surface area (Å²) in [6.45, 7) is -0.695. The van der Waals surface area contributed by atoms with Crippen LogP contribution in [-0.4, -0.2) is 86.3 Å². The number of nitrogens with zero attached hydrogens (tertiary/aromatic N) is 1. The van der Waals surface area contributed by atoms with E-state index in [2.05, 4.69) is 4.98 Å². The van der Waals surface area contributed by atoms with Crippen molar-refractivity contribution in [3.63, 3.8) is 0 Å². The lowest BCUT2D eigenvalue weighted by Crippen LogP contribution is -2.50. The molecular formula is C20H25N5O8S. The van der Waals surface area contributed by atoms with Gasteiger partial charge in [0.2, 0.25) is 23.4 Å². The summed E-state index contributed by atoms with van der Waals surface area (Å²) in [5.41, 5.74) is 18.0. The molecule has 2 rings (SSSR count). The maximum atomic E-state index is 12.7. The third-order valence-electron chi connectivity index (χ3n) is 4.92. The number of H-pyrrole nitrogens is 1. The molecule has 184 valence electrons. The number of imide groups is 1. The number of carboxylic acid groups (broad SMARTS) is 2. The van der Waals surface area contributed by atoms with Crippen molar-refractivity contribution in [2.45, 2.75) is 31.3 Å². The largest absolute Gasteiger partial charge is 0.480 e. The molecule has 0 aliphatic heterocycles. The van der Waals surface area contributed by atoms with E-state index in [0.29, 0.717) is 27.5 Å². The highest BCUT2D eigenvalue weighted by molar-refractivity contribution is 8.08. The van der Waals surface area contributed by atoms with Gasteiger partial charge in [0.15, 0.2) is 0 Å². The lowest BCUT2D eigenvalue weighted by molar-refractivity contribution is -0.153. The average Bonchev–Trinajstić information content (AvgIpc) is 3.20. The van der Waals surface area contributed by atoms with Crippen LogP contribution >= 0.6 is 11.8 Å². The van der Waals surface area contributed by atoms with Crippen LogP contribution in [0.25, 0.3) is 4.91 Å². The zero-order valence-corrected chi connectivity index (χ0v) is 18.8. The second-order valence-electron chi connectivity index (χ2n) is 7.42. The molecule has 0 saturated carbocycles. The van der Waals surface area contributed by atoms with E-state index in [1.165, 1.54) is 0 Å². The molecule has 0 fully saturated rings. The molecule has 0 bridgehead atoms. The SMILES string of the molecule is NCCc1c[nH]c2c1C(=O)C(=O)C=C2SC[C@H](N)C(=O)N(CC(=O)O)C(=O)CC[C@H](N)C(=O)O. The quantitative estimate of drug-likeness (QED) is 0.178. The average molecular weight is 496 g/mol. The number of hydrogen-bond donors (Lipinski definition) is 6. The summed E-state index contributed by atoms with van der Waals surface area (Å²) < 4.78 is 0. The van der Waals surface area contributed by atoms with E-state index >= 15 is 0 Å². The molecule has 0 spiro atoms. The third-order valence-corrected chi connectivity index (χ3v) is 6.08. The van der Waals surface area contributed by atoms with E-state index in [1.807, 2.05) is 0 Å². The van der Waals surface area contributed by atoms with Crippen molar-refractivity contribution >= 4 is 52.0 Å². The Kier molecular flexibility index (Phi) is 9.26. The predicted octanol–water partition coefficient (Wildman–Crippen LogP) is -1.69. The van der Waals surface area contributed by atoms with Crippen molar-refractivity contribution in [1.82, 2.24) is 9.88 Å². The fourth-order valence-corrected chi connectivity index (χ4v) is 4.17. The number of thioether (sulfide) groups is 1. The van der Waals surface area contributed by atoms with Gasteiger partial charge in [0.1, 0.15) is 12.6 Å². The van der Waals surface area contributed by atoms with Gasteiger partial charge in [-0.2, -0.15) is 0 Å². The number of nitrogens with two attached hydrogens (primary N) is 3. The van der Waals surface area contributed by atoms with Gasteiger partial charge in [0, 0.05) is 29.4 Å². The van der Waals surface area contributed by atoms with E-state index in [-0.39, 0.29) is 24.3 Å². The van der Waals surface area contributed by atoms with Crippen molar-refractivity contribution in [1.29, 1.82) is 0 Å². The molecule has 1 aliphatic carbocycles. The summed E-state index contributed by atoms with van der Waals surface area (Å²) in [5, 5.41) is 17.9. The Morgan fingerprint density at radius 3 is 2.38 bits per heavy atom. The molecule has 0 radical (unpaired) electrons. The minimum absolute atomic E-state index is 0.144. The number of carbonyl (C=O) groups is 6. The number of carbonyl (C=O) groups excluding carboxylic acids is 4. The number of Topliss-reactive ketones (excluding diaryl/α,β-unsaturated/α-hetero) is 1. The Balaban J connectivity index is 2.12. The number of allylic oxidation sites excluding steroid dienone is 1. The number of fused-ring (bicyclic) bond motifs is 1. The highest BCUT2D eigenvalue weighted by Gasteiger charge is 2.32. The molecule has 1 aromatic rings. The first-order valence-electron chi connectivity index (χ1n) is 10.1. The van der Waals surface area contributed by atoms with E-state index in [9.17, 15) is 28.8 Å². The number of hydrogen-bond acceptors (Lipinski definition) is 10. The van der Waals surface area contributed by atoms with Gasteiger partial charge in [0.25, 0.3) is 0 Å². The van der Waals surface area contributed by atoms with Gasteiger partial charge in [-0.15, -0.1) is 11.8 Å². The Morgan fingerprint density at radius 2 is 1.79 bits per heavy atom. The molecule has 1 aliphatic rings. The van der Waals surface area contributed by atoms with Crippen LogP contribution in [-0.2, 0) is 30.4 Å². The Bertz CT molecular complexity index is 1050. The second-order valence-corrected chi connectivity index (χ2v) is 8.48. The lowest BCUT2D eigenvalue weighted by Gasteiger charge is -2.23. The molecular weight excluding hydrogens is 470 g/mol. The van der Waals surface area contributed by atoms with Crippen LogP contribution in [0.5, 0.6) is 0 Å². The summed E-state index contributed by atoms with van der Waals surface area (Å²) in [4.78, 5) is 75.2. The molecule has 1 heterocycles. The summed E-state index contributed by atoms with van der Waals surface area (Å²) >= 11 is 0.980. The van der Waals surface area contributed by atoms with Crippen LogP contribution in [0, 0.1) is 0 Å². The van der Waals surface area contributed by atoms with Crippen LogP contribution in [0.3, 0.4) is 0 Å². The van der Waals surface area contributed by atoms with E-state index in [1.54, 1.807) is 6.20 Å². The number of aromatic nitrogens is 1. The molecule has 1 aromatic heterocycles. The predicted molar refractivity (Wildman–Crippen MR) is 121 cm³/mol. The molecule has 0 unspecified atom stereocenters. The van der Waals surface area contributed by atoms with Crippen LogP contribution in [0.2, 0.25) is 0 Å². The number of nitrogens with one attached hydrogen (secondary N) is 1. The van der Waals surface area contributed by atoms with Crippen LogP contribution in [0.4, 0.5) is 0 Å². The standard InChI is InChI=1S/C20H25N5O8S/c21-4-3-9-6-24-17-13(5-12(26)18(30)16(9)17)34-8-11(23)19(31)25(7-15(28)29)14(27)2-1-10(22)20(32)33/h5-6,10-11,24H,1-4,7-8,21-23H2,(H,28,29)(H,32,33)/t10-,11-/m0/s1. The Labute approximate surface area is 197 Å². The maximum absolute atomic E-state index is 12.7. The van der Waals surface area contributed by atoms with Gasteiger partial charge in [0.05, 0.1) is 17.3 Å². The fourth-order valence-electron chi connectivity index (χ4n) is 3.18. The molecule has 2 atom stereocenters. The molecule has 13 nitrogen and oxygen atoms in total. The maximum Gasteiger partial charge on any atom is 0.323 e. The number of aliphatic carboxylic acids is 2. The smallest absolute Gasteiger partial charge is 0.323 e. The third kappa shape index (κ3) is 6.38. The monoisotopic (exact) mass is 495 g/mol. The number of carboxylic acids is 2. The minimum Gasteiger partial charge on any atom is -0.480 e. The Hall–Kier alpha value is -3.33. The van der Waals surface area contributed by atoms with Gasteiger partial charge in [-0.1, -0.05) is 0 Å². The van der Waals surface area contributed by atoms with Crippen molar-refractivity contribution in [2.24, 2.45) is 17.2 Å². The highest BCUT2D eigenvalue weighted by atomic mass is 32.2. The van der Waals surface area contributed by atoms with Gasteiger partial charge >= 0.3 is 11.9 Å². The molecule has 0 aromatic carbocycles. The zero-order valence-electron chi connectivity index (χ0n) is 18.0. The van der Waals surface area contributed by atoms with Gasteiger partial charge in [-0.3, -0.25) is 33.7 Å². The molecule has 34 heavy (non-hydrogen) atoms. The summed E-state index contributed by atoms with van der Waals surface area (Å²) in [6, 6.07) is -2.69. The van der Waals surface area contributed by atoms with Crippen LogP contribution in [0.1, 0.15) is 34.5 Å². The van der Waals surface area contributed by atoms with Gasteiger partial charge in [-0.05, 0) is 24.9 Å². The van der Waals surface area contributed by atoms with E-state index < -0.39 is 60.4 Å². The Morgan fingerprint density at radius 1 is 1.12 bits per heavy atom. The minimum atomic E-state index is -1.47. The number of amides is 2. The second kappa shape index (κ2) is 11.7. The van der Waals surface area contributed by atoms with Crippen molar-refractivity contribution in [3.05, 3.63) is 29.1 Å². The fraction of sp³-hybridized carbons (Fsp3) is 0.400. The molecule has 14 heteroatoms. The van der Waals surface area contributed by atoms with E-state index in [0.717, 1.165) is 17.8 Å². The topological polar surface area (TPSA) is 240 Å². The number of rotatable bonds is 12. The number of ketones is 2. The number of aromatic amines is 1.